The molecule has 0 bridgehead atoms. The Morgan fingerprint density at radius 3 is 2.59 bits per heavy atom. The lowest BCUT2D eigenvalue weighted by molar-refractivity contribution is 0.244. The van der Waals surface area contributed by atoms with Gasteiger partial charge in [0, 0.05) is 12.7 Å². The fraction of sp³-hybridized carbons (Fsp3) is 0.471. The Bertz CT molecular complexity index is 533. The van der Waals surface area contributed by atoms with E-state index >= 15 is 0 Å². The third-order valence-electron chi connectivity index (χ3n) is 3.80. The van der Waals surface area contributed by atoms with E-state index < -0.39 is 0 Å². The van der Waals surface area contributed by atoms with E-state index in [-0.39, 0.29) is 6.03 Å². The van der Waals surface area contributed by atoms with Crippen LogP contribution in [0.25, 0.3) is 0 Å². The average Bonchev–Trinajstić information content (AvgIpc) is 3.06. The minimum Gasteiger partial charge on any atom is -0.493 e. The van der Waals surface area contributed by atoms with Crippen LogP contribution in [0, 0.1) is 0 Å². The van der Waals surface area contributed by atoms with Crippen molar-refractivity contribution in [2.45, 2.75) is 32.1 Å². The van der Waals surface area contributed by atoms with Crippen LogP contribution >= 0.6 is 0 Å². The van der Waals surface area contributed by atoms with E-state index in [4.69, 9.17) is 9.47 Å². The predicted molar refractivity (Wildman–Crippen MR) is 86.3 cm³/mol. The Balaban J connectivity index is 1.75. The molecule has 2 rings (SSSR count). The zero-order valence-corrected chi connectivity index (χ0v) is 13.3. The highest BCUT2D eigenvalue weighted by Gasteiger charge is 2.07. The molecule has 1 aromatic rings. The number of benzene rings is 1. The number of amides is 2. The van der Waals surface area contributed by atoms with Crippen LogP contribution in [0.1, 0.15) is 31.2 Å². The number of allylic oxidation sites excluding steroid dienone is 1. The lowest BCUT2D eigenvalue weighted by Gasteiger charge is -2.10. The second kappa shape index (κ2) is 8.32. The van der Waals surface area contributed by atoms with Crippen molar-refractivity contribution in [3.8, 4) is 11.5 Å². The molecule has 1 aliphatic carbocycles. The molecular weight excluding hydrogens is 280 g/mol. The minimum atomic E-state index is -0.153. The van der Waals surface area contributed by atoms with E-state index in [1.54, 1.807) is 14.2 Å². The molecule has 1 fully saturated rings. The summed E-state index contributed by atoms with van der Waals surface area (Å²) >= 11 is 0. The van der Waals surface area contributed by atoms with Crippen molar-refractivity contribution in [1.82, 2.24) is 10.6 Å². The zero-order valence-electron chi connectivity index (χ0n) is 13.3. The molecule has 1 aromatic carbocycles. The fourth-order valence-electron chi connectivity index (χ4n) is 2.55. The van der Waals surface area contributed by atoms with Crippen LogP contribution in [0.2, 0.25) is 0 Å². The zero-order chi connectivity index (χ0) is 15.8. The first-order valence-electron chi connectivity index (χ1n) is 7.66. The number of nitrogens with one attached hydrogen (secondary N) is 2. The van der Waals surface area contributed by atoms with Gasteiger partial charge < -0.3 is 20.1 Å². The molecule has 0 aromatic heterocycles. The van der Waals surface area contributed by atoms with Crippen molar-refractivity contribution in [2.75, 3.05) is 20.8 Å². The molecule has 5 heteroatoms. The van der Waals surface area contributed by atoms with Gasteiger partial charge in [0.15, 0.2) is 11.5 Å². The molecule has 1 saturated carbocycles. The van der Waals surface area contributed by atoms with E-state index in [1.807, 2.05) is 24.4 Å². The minimum absolute atomic E-state index is 0.153. The van der Waals surface area contributed by atoms with E-state index in [2.05, 4.69) is 10.6 Å². The maximum Gasteiger partial charge on any atom is 0.318 e. The summed E-state index contributed by atoms with van der Waals surface area (Å²) in [6, 6.07) is 5.62. The van der Waals surface area contributed by atoms with Crippen LogP contribution in [-0.2, 0) is 6.42 Å². The van der Waals surface area contributed by atoms with Gasteiger partial charge in [-0.3, -0.25) is 0 Å². The highest BCUT2D eigenvalue weighted by Crippen LogP contribution is 2.27. The Kier molecular flexibility index (Phi) is 6.13. The molecule has 0 saturated heterocycles. The normalized spacial score (nSPS) is 13.6. The van der Waals surface area contributed by atoms with Crippen molar-refractivity contribution in [3.05, 3.63) is 35.5 Å². The number of rotatable bonds is 6. The predicted octanol–water partition coefficient (Wildman–Crippen LogP) is 3.00. The molecule has 0 aliphatic heterocycles. The van der Waals surface area contributed by atoms with Crippen LogP contribution in [0.3, 0.4) is 0 Å². The summed E-state index contributed by atoms with van der Waals surface area (Å²) in [6.45, 7) is 0.574. The molecule has 0 spiro atoms. The van der Waals surface area contributed by atoms with Crippen molar-refractivity contribution in [1.29, 1.82) is 0 Å². The maximum atomic E-state index is 11.7. The second-order valence-corrected chi connectivity index (χ2v) is 5.35. The monoisotopic (exact) mass is 304 g/mol. The van der Waals surface area contributed by atoms with Gasteiger partial charge in [-0.1, -0.05) is 11.6 Å². The van der Waals surface area contributed by atoms with E-state index in [9.17, 15) is 4.79 Å². The Morgan fingerprint density at radius 1 is 1.18 bits per heavy atom. The number of methoxy groups -OCH3 is 2. The number of ether oxygens (including phenoxy) is 2. The first kappa shape index (κ1) is 16.2. The molecule has 0 atom stereocenters. The summed E-state index contributed by atoms with van der Waals surface area (Å²) in [5.41, 5.74) is 2.42. The summed E-state index contributed by atoms with van der Waals surface area (Å²) in [7, 11) is 3.23. The van der Waals surface area contributed by atoms with Gasteiger partial charge in [0.2, 0.25) is 0 Å². The maximum absolute atomic E-state index is 11.7. The summed E-state index contributed by atoms with van der Waals surface area (Å²) in [4.78, 5) is 11.7. The molecule has 5 nitrogen and oxygen atoms in total. The highest BCUT2D eigenvalue weighted by atomic mass is 16.5. The molecule has 0 unspecified atom stereocenters. The van der Waals surface area contributed by atoms with E-state index in [1.165, 1.54) is 18.4 Å². The van der Waals surface area contributed by atoms with E-state index in [0.29, 0.717) is 18.0 Å². The largest absolute Gasteiger partial charge is 0.493 e. The van der Waals surface area contributed by atoms with Crippen molar-refractivity contribution in [2.24, 2.45) is 0 Å². The third-order valence-corrected chi connectivity index (χ3v) is 3.80. The molecule has 1 aliphatic rings. The molecule has 0 heterocycles. The van der Waals surface area contributed by atoms with Crippen LogP contribution in [0.5, 0.6) is 11.5 Å². The number of carbonyl (C=O) groups excluding carboxylic acids is 1. The van der Waals surface area contributed by atoms with Crippen molar-refractivity contribution < 1.29 is 14.3 Å². The van der Waals surface area contributed by atoms with Gasteiger partial charge in [-0.25, -0.2) is 4.79 Å². The van der Waals surface area contributed by atoms with Crippen LogP contribution < -0.4 is 20.1 Å². The molecular formula is C17H24N2O3. The first-order chi connectivity index (χ1) is 10.7. The fourth-order valence-corrected chi connectivity index (χ4v) is 2.55. The van der Waals surface area contributed by atoms with Gasteiger partial charge in [0.25, 0.3) is 0 Å². The topological polar surface area (TPSA) is 59.6 Å². The SMILES string of the molecule is COc1ccc(CCNC(=O)NC=C2CCCC2)cc1OC. The summed E-state index contributed by atoms with van der Waals surface area (Å²) in [5.74, 6) is 1.41. The number of urea groups is 1. The molecule has 0 radical (unpaired) electrons. The highest BCUT2D eigenvalue weighted by molar-refractivity contribution is 5.75. The van der Waals surface area contributed by atoms with Gasteiger partial charge in [-0.05, 0) is 49.8 Å². The van der Waals surface area contributed by atoms with Crippen LogP contribution in [-0.4, -0.2) is 26.8 Å². The molecule has 22 heavy (non-hydrogen) atoms. The summed E-state index contributed by atoms with van der Waals surface area (Å²) in [5, 5.41) is 5.65. The number of hydrogen-bond acceptors (Lipinski definition) is 3. The third kappa shape index (κ3) is 4.69. The Hall–Kier alpha value is -2.17. The van der Waals surface area contributed by atoms with Crippen molar-refractivity contribution >= 4 is 6.03 Å². The van der Waals surface area contributed by atoms with Crippen molar-refractivity contribution in [3.63, 3.8) is 0 Å². The molecule has 120 valence electrons. The average molecular weight is 304 g/mol. The van der Waals surface area contributed by atoms with Gasteiger partial charge in [0.1, 0.15) is 0 Å². The number of hydrogen-bond donors (Lipinski definition) is 2. The van der Waals surface area contributed by atoms with Gasteiger partial charge in [-0.15, -0.1) is 0 Å². The molecule has 2 amide bonds. The van der Waals surface area contributed by atoms with Gasteiger partial charge >= 0.3 is 6.03 Å². The van der Waals surface area contributed by atoms with Gasteiger partial charge in [-0.2, -0.15) is 0 Å². The summed E-state index contributed by atoms with van der Waals surface area (Å²) < 4.78 is 10.5. The lowest BCUT2D eigenvalue weighted by atomic mass is 10.1. The van der Waals surface area contributed by atoms with E-state index in [0.717, 1.165) is 24.8 Å². The van der Waals surface area contributed by atoms with Crippen LogP contribution in [0.4, 0.5) is 4.79 Å². The Labute approximate surface area is 131 Å². The van der Waals surface area contributed by atoms with Crippen LogP contribution in [0.15, 0.2) is 30.0 Å². The second-order valence-electron chi connectivity index (χ2n) is 5.35. The summed E-state index contributed by atoms with van der Waals surface area (Å²) in [6.07, 6.45) is 7.25. The lowest BCUT2D eigenvalue weighted by Crippen LogP contribution is -2.33. The molecule has 2 N–H and O–H groups in total. The Morgan fingerprint density at radius 2 is 1.91 bits per heavy atom. The number of carbonyl (C=O) groups is 1. The quantitative estimate of drug-likeness (QED) is 0.849. The standard InChI is InChI=1S/C17H24N2O3/c1-21-15-8-7-13(11-16(15)22-2)9-10-18-17(20)19-12-14-5-3-4-6-14/h7-8,11-12H,3-6,9-10H2,1-2H3,(H2,18,19,20). The smallest absolute Gasteiger partial charge is 0.318 e. The van der Waals surface area contributed by atoms with Gasteiger partial charge in [0.05, 0.1) is 14.2 Å². The first-order valence-corrected chi connectivity index (χ1v) is 7.66.